The number of hydrogen-bond acceptors (Lipinski definition) is 3. The third-order valence-electron chi connectivity index (χ3n) is 8.36. The Kier molecular flexibility index (Phi) is 7.55. The summed E-state index contributed by atoms with van der Waals surface area (Å²) in [4.78, 5) is 32.9. The van der Waals surface area contributed by atoms with E-state index >= 15 is 0 Å². The van der Waals surface area contributed by atoms with Crippen LogP contribution < -0.4 is 10.7 Å². The first kappa shape index (κ1) is 22.6. The number of nitrogens with two attached hydrogens (primary N) is 1. The van der Waals surface area contributed by atoms with Crippen LogP contribution >= 0.6 is 0 Å². The summed E-state index contributed by atoms with van der Waals surface area (Å²) in [5, 5.41) is 0. The van der Waals surface area contributed by atoms with Gasteiger partial charge in [-0.1, -0.05) is 64.2 Å². The molecule has 1 saturated heterocycles. The maximum absolute atomic E-state index is 13.8. The number of guanidine groups is 1. The largest absolute Gasteiger partial charge is 0.351 e. The smallest absolute Gasteiger partial charge is 0.343 e. The zero-order valence-corrected chi connectivity index (χ0v) is 19.4. The summed E-state index contributed by atoms with van der Waals surface area (Å²) in [6.45, 7) is 2.20. The molecule has 4 aliphatic rings. The molecule has 0 aromatic carbocycles. The molecule has 174 valence electrons. The van der Waals surface area contributed by atoms with E-state index in [1.165, 1.54) is 64.2 Å². The highest BCUT2D eigenvalue weighted by molar-refractivity contribution is 6.01. The van der Waals surface area contributed by atoms with Crippen LogP contribution in [0.1, 0.15) is 103 Å². The molecule has 0 spiro atoms. The van der Waals surface area contributed by atoms with Crippen LogP contribution in [0.2, 0.25) is 0 Å². The Hall–Kier alpha value is -1.59. The van der Waals surface area contributed by atoms with Crippen LogP contribution in [-0.4, -0.2) is 52.7 Å². The van der Waals surface area contributed by atoms with Crippen molar-refractivity contribution in [2.45, 2.75) is 108 Å². The summed E-state index contributed by atoms with van der Waals surface area (Å²) in [5.41, 5.74) is 5.90. The van der Waals surface area contributed by atoms with Crippen LogP contribution in [0.15, 0.2) is 0 Å². The molecule has 0 radical (unpaired) electrons. The zero-order valence-electron chi connectivity index (χ0n) is 19.4. The molecular weight excluding hydrogens is 388 g/mol. The van der Waals surface area contributed by atoms with Gasteiger partial charge in [0.05, 0.1) is 6.54 Å². The number of carbonyl (C=O) groups is 2. The fourth-order valence-corrected chi connectivity index (χ4v) is 6.54. The number of carbonyl (C=O) groups excluding carboxylic acids is 2. The van der Waals surface area contributed by atoms with Crippen molar-refractivity contribution in [3.05, 3.63) is 0 Å². The number of rotatable bonds is 9. The first-order valence-electron chi connectivity index (χ1n) is 13.1. The van der Waals surface area contributed by atoms with Gasteiger partial charge in [0, 0.05) is 19.5 Å². The van der Waals surface area contributed by atoms with Crippen molar-refractivity contribution in [2.24, 2.45) is 17.6 Å². The summed E-state index contributed by atoms with van der Waals surface area (Å²) in [5.74, 6) is 2.38. The van der Waals surface area contributed by atoms with Gasteiger partial charge in [-0.05, 0) is 43.9 Å². The van der Waals surface area contributed by atoms with Crippen molar-refractivity contribution < 1.29 is 14.6 Å². The minimum atomic E-state index is -0.507. The normalized spacial score (nSPS) is 28.6. The molecule has 2 heterocycles. The number of nitrogens with one attached hydrogen (secondary N) is 1. The predicted molar refractivity (Wildman–Crippen MR) is 122 cm³/mol. The third-order valence-corrected chi connectivity index (χ3v) is 8.36. The Balaban J connectivity index is 1.40. The molecule has 6 nitrogen and oxygen atoms in total. The number of hydrogen-bond donors (Lipinski definition) is 2. The fourth-order valence-electron chi connectivity index (χ4n) is 6.54. The van der Waals surface area contributed by atoms with Crippen molar-refractivity contribution in [3.63, 3.8) is 0 Å². The first-order chi connectivity index (χ1) is 15.1. The van der Waals surface area contributed by atoms with E-state index in [0.29, 0.717) is 24.8 Å². The van der Waals surface area contributed by atoms with Gasteiger partial charge in [-0.25, -0.2) is 0 Å². The molecule has 2 aliphatic carbocycles. The van der Waals surface area contributed by atoms with Crippen molar-refractivity contribution in [1.82, 2.24) is 9.80 Å². The topological polar surface area (TPSA) is 80.6 Å². The van der Waals surface area contributed by atoms with Gasteiger partial charge in [0.2, 0.25) is 5.91 Å². The molecule has 3 fully saturated rings. The molecule has 0 aromatic heterocycles. The van der Waals surface area contributed by atoms with Gasteiger partial charge in [-0.15, -0.1) is 0 Å². The van der Waals surface area contributed by atoms with Gasteiger partial charge in [0.1, 0.15) is 0 Å². The molecule has 3 N–H and O–H groups in total. The zero-order chi connectivity index (χ0) is 21.7. The van der Waals surface area contributed by atoms with Crippen LogP contribution in [0.4, 0.5) is 0 Å². The molecule has 0 aromatic rings. The Morgan fingerprint density at radius 2 is 1.58 bits per heavy atom. The predicted octanol–water partition coefficient (Wildman–Crippen LogP) is 2.31. The van der Waals surface area contributed by atoms with Crippen molar-refractivity contribution in [3.8, 4) is 0 Å². The van der Waals surface area contributed by atoms with Gasteiger partial charge in [-0.2, -0.15) is 4.90 Å². The fraction of sp³-hybridized carbons (Fsp3) is 0.880. The lowest BCUT2D eigenvalue weighted by molar-refractivity contribution is -0.535. The van der Waals surface area contributed by atoms with E-state index in [4.69, 9.17) is 5.73 Å². The van der Waals surface area contributed by atoms with E-state index in [1.54, 1.807) is 4.90 Å². The quantitative estimate of drug-likeness (QED) is 0.588. The molecule has 31 heavy (non-hydrogen) atoms. The minimum absolute atomic E-state index is 0.194. The molecule has 0 bridgehead atoms. The number of likely N-dealkylation sites (tertiary alicyclic amines) is 1. The lowest BCUT2D eigenvalue weighted by Gasteiger charge is -2.31. The van der Waals surface area contributed by atoms with Crippen LogP contribution in [0.3, 0.4) is 0 Å². The molecule has 4 rings (SSSR count). The van der Waals surface area contributed by atoms with Crippen LogP contribution in [0.25, 0.3) is 0 Å². The van der Waals surface area contributed by atoms with Gasteiger partial charge in [0.15, 0.2) is 5.54 Å². The lowest BCUT2D eigenvalue weighted by Crippen LogP contribution is -2.87. The van der Waals surface area contributed by atoms with Crippen molar-refractivity contribution in [1.29, 1.82) is 0 Å². The lowest BCUT2D eigenvalue weighted by atomic mass is 9.75. The molecule has 2 aliphatic heterocycles. The summed E-state index contributed by atoms with van der Waals surface area (Å²) in [6, 6.07) is 0. The van der Waals surface area contributed by atoms with Gasteiger partial charge in [-0.3, -0.25) is 20.3 Å². The highest BCUT2D eigenvalue weighted by Gasteiger charge is 2.52. The third kappa shape index (κ3) is 5.43. The number of amides is 2. The molecule has 1 atom stereocenters. The van der Waals surface area contributed by atoms with Gasteiger partial charge in [0.25, 0.3) is 0 Å². The van der Waals surface area contributed by atoms with Crippen LogP contribution in [0.5, 0.6) is 0 Å². The van der Waals surface area contributed by atoms with Crippen LogP contribution in [0, 0.1) is 11.8 Å². The Morgan fingerprint density at radius 3 is 2.23 bits per heavy atom. The second kappa shape index (κ2) is 10.4. The second-order valence-electron chi connectivity index (χ2n) is 10.6. The van der Waals surface area contributed by atoms with E-state index in [2.05, 4.69) is 4.99 Å². The standard InChI is InChI=1S/C25H42N4O2/c26-24-27-25(19-21-11-5-2-6-12-21,15-14-20-9-3-1-4-10-20)23(31)29(24)18-8-17-28-16-7-13-22(28)30/h20-21H,1-19H2,(H2,26,27)/p+1/t25-/m1/s1. The van der Waals surface area contributed by atoms with Crippen molar-refractivity contribution >= 4 is 17.8 Å². The van der Waals surface area contributed by atoms with Crippen molar-refractivity contribution in [2.75, 3.05) is 19.6 Å². The summed E-state index contributed by atoms with van der Waals surface area (Å²) in [7, 11) is 0. The second-order valence-corrected chi connectivity index (χ2v) is 10.6. The average Bonchev–Trinajstić information content (AvgIpc) is 3.29. The molecule has 2 amide bonds. The highest BCUT2D eigenvalue weighted by atomic mass is 16.2. The minimum Gasteiger partial charge on any atom is -0.343 e. The molecule has 6 heteroatoms. The number of nitrogens with zero attached hydrogens (tertiary/aromatic N) is 2. The Morgan fingerprint density at radius 1 is 0.903 bits per heavy atom. The van der Waals surface area contributed by atoms with E-state index in [9.17, 15) is 9.59 Å². The first-order valence-corrected chi connectivity index (χ1v) is 13.1. The monoisotopic (exact) mass is 431 g/mol. The highest BCUT2D eigenvalue weighted by Crippen LogP contribution is 2.35. The van der Waals surface area contributed by atoms with E-state index in [-0.39, 0.29) is 11.8 Å². The maximum Gasteiger partial charge on any atom is 0.351 e. The van der Waals surface area contributed by atoms with E-state index in [1.807, 2.05) is 4.90 Å². The average molecular weight is 432 g/mol. The SMILES string of the molecule is NC1=[NH+][C@](CCC2CCCCC2)(CC2CCCCC2)C(=O)N1CCCN1CCCC1=O. The Bertz CT molecular complexity index is 666. The molecule has 0 unspecified atom stereocenters. The van der Waals surface area contributed by atoms with Gasteiger partial charge < -0.3 is 4.90 Å². The maximum atomic E-state index is 13.8. The summed E-state index contributed by atoms with van der Waals surface area (Å²) in [6.07, 6.45) is 18.5. The van der Waals surface area contributed by atoms with E-state index < -0.39 is 5.54 Å². The molecule has 2 saturated carbocycles. The van der Waals surface area contributed by atoms with Crippen LogP contribution in [-0.2, 0) is 9.59 Å². The Labute approximate surface area is 188 Å². The summed E-state index contributed by atoms with van der Waals surface area (Å²) < 4.78 is 0. The summed E-state index contributed by atoms with van der Waals surface area (Å²) >= 11 is 0. The van der Waals surface area contributed by atoms with E-state index in [0.717, 1.165) is 51.1 Å². The van der Waals surface area contributed by atoms with Gasteiger partial charge >= 0.3 is 11.9 Å². The molecular formula is C25H43N4O2+.